The van der Waals surface area contributed by atoms with E-state index in [2.05, 4.69) is 54.2 Å². The summed E-state index contributed by atoms with van der Waals surface area (Å²) in [5.74, 6) is 0.804. The molecule has 1 saturated carbocycles. The minimum absolute atomic E-state index is 0.537. The molecule has 0 aromatic heterocycles. The smallest absolute Gasteiger partial charge is 0.0351 e. The predicted molar refractivity (Wildman–Crippen MR) is 95.8 cm³/mol. The number of hydrogen-bond acceptors (Lipinski definition) is 1. The van der Waals surface area contributed by atoms with Crippen LogP contribution >= 0.6 is 15.9 Å². The van der Waals surface area contributed by atoms with Crippen LogP contribution in [0.15, 0.2) is 16.6 Å². The Hall–Kier alpha value is -0.340. The Labute approximate surface area is 139 Å². The number of nitrogens with one attached hydrogen (secondary N) is 1. The molecule has 1 N–H and O–H groups in total. The maximum absolute atomic E-state index is 3.86. The lowest BCUT2D eigenvalue weighted by atomic mass is 9.84. The minimum atomic E-state index is 0.537. The van der Waals surface area contributed by atoms with Crippen LogP contribution in [0.3, 0.4) is 0 Å². The summed E-state index contributed by atoms with van der Waals surface area (Å²) in [6.45, 7) is 7.85. The Balaban J connectivity index is 2.27. The molecule has 1 fully saturated rings. The van der Waals surface area contributed by atoms with Crippen molar-refractivity contribution in [2.75, 3.05) is 6.54 Å². The summed E-state index contributed by atoms with van der Waals surface area (Å²) in [5.41, 5.74) is 4.30. The first-order chi connectivity index (χ1) is 10.1. The van der Waals surface area contributed by atoms with E-state index in [1.165, 1.54) is 66.1 Å². The first kappa shape index (κ1) is 17.0. The number of benzene rings is 1. The molecule has 1 atom stereocenters. The lowest BCUT2D eigenvalue weighted by Gasteiger charge is -2.29. The first-order valence-electron chi connectivity index (χ1n) is 8.63. The molecular weight excluding hydrogens is 322 g/mol. The maximum Gasteiger partial charge on any atom is 0.0351 e. The molecule has 0 radical (unpaired) electrons. The Bertz CT molecular complexity index is 447. The Morgan fingerprint density at radius 1 is 1.10 bits per heavy atom. The van der Waals surface area contributed by atoms with Crippen LogP contribution in [0.1, 0.15) is 74.6 Å². The average molecular weight is 352 g/mol. The summed E-state index contributed by atoms with van der Waals surface area (Å²) in [7, 11) is 0. The van der Waals surface area contributed by atoms with Gasteiger partial charge >= 0.3 is 0 Å². The van der Waals surface area contributed by atoms with Crippen LogP contribution in [0.4, 0.5) is 0 Å². The predicted octanol–water partition coefficient (Wildman–Crippen LogP) is 6.08. The van der Waals surface area contributed by atoms with E-state index >= 15 is 0 Å². The fourth-order valence-electron chi connectivity index (χ4n) is 3.61. The highest BCUT2D eigenvalue weighted by Gasteiger charge is 2.25. The second-order valence-corrected chi connectivity index (χ2v) is 7.50. The molecule has 1 unspecified atom stereocenters. The second kappa shape index (κ2) is 8.33. The van der Waals surface area contributed by atoms with Crippen molar-refractivity contribution in [2.45, 2.75) is 71.8 Å². The summed E-state index contributed by atoms with van der Waals surface area (Å²) in [6, 6.07) is 5.23. The molecule has 1 aromatic rings. The van der Waals surface area contributed by atoms with Crippen molar-refractivity contribution in [1.29, 1.82) is 0 Å². The topological polar surface area (TPSA) is 12.0 Å². The van der Waals surface area contributed by atoms with E-state index in [1.54, 1.807) is 0 Å². The first-order valence-corrected chi connectivity index (χ1v) is 9.42. The standard InChI is InChI=1S/C19H30BrN/c1-4-11-21-19(16-9-7-5-6-8-10-16)17-12-15(3)18(20)13-14(17)2/h12-13,16,19,21H,4-11H2,1-3H3. The maximum atomic E-state index is 3.86. The van der Waals surface area contributed by atoms with Gasteiger partial charge in [0.25, 0.3) is 0 Å². The Kier molecular flexibility index (Phi) is 6.75. The van der Waals surface area contributed by atoms with Crippen LogP contribution in [-0.4, -0.2) is 6.54 Å². The Morgan fingerprint density at radius 3 is 2.38 bits per heavy atom. The fourth-order valence-corrected chi connectivity index (χ4v) is 4.07. The monoisotopic (exact) mass is 351 g/mol. The molecule has 2 rings (SSSR count). The van der Waals surface area contributed by atoms with Gasteiger partial charge in [0.05, 0.1) is 0 Å². The van der Waals surface area contributed by atoms with Crippen molar-refractivity contribution < 1.29 is 0 Å². The van der Waals surface area contributed by atoms with E-state index in [4.69, 9.17) is 0 Å². The fraction of sp³-hybridized carbons (Fsp3) is 0.684. The number of aryl methyl sites for hydroxylation is 2. The van der Waals surface area contributed by atoms with Gasteiger partial charge in [-0.05, 0) is 68.3 Å². The van der Waals surface area contributed by atoms with E-state index in [1.807, 2.05) is 0 Å². The summed E-state index contributed by atoms with van der Waals surface area (Å²) in [4.78, 5) is 0. The third-order valence-electron chi connectivity index (χ3n) is 4.87. The normalized spacial score (nSPS) is 18.5. The lowest BCUT2D eigenvalue weighted by Crippen LogP contribution is -2.29. The van der Waals surface area contributed by atoms with Gasteiger partial charge in [0.1, 0.15) is 0 Å². The van der Waals surface area contributed by atoms with Gasteiger partial charge in [-0.3, -0.25) is 0 Å². The van der Waals surface area contributed by atoms with Crippen LogP contribution in [0.5, 0.6) is 0 Å². The van der Waals surface area contributed by atoms with E-state index < -0.39 is 0 Å². The Morgan fingerprint density at radius 2 is 1.76 bits per heavy atom. The van der Waals surface area contributed by atoms with Crippen molar-refractivity contribution in [3.63, 3.8) is 0 Å². The molecule has 1 aromatic carbocycles. The van der Waals surface area contributed by atoms with Crippen molar-refractivity contribution >= 4 is 15.9 Å². The largest absolute Gasteiger partial charge is 0.310 e. The number of hydrogen-bond donors (Lipinski definition) is 1. The van der Waals surface area contributed by atoms with E-state index in [-0.39, 0.29) is 0 Å². The third kappa shape index (κ3) is 4.56. The summed E-state index contributed by atoms with van der Waals surface area (Å²) in [5, 5.41) is 3.86. The average Bonchev–Trinajstić information content (AvgIpc) is 2.74. The summed E-state index contributed by atoms with van der Waals surface area (Å²) in [6.07, 6.45) is 9.64. The van der Waals surface area contributed by atoms with E-state index in [9.17, 15) is 0 Å². The van der Waals surface area contributed by atoms with E-state index in [0.29, 0.717) is 6.04 Å². The second-order valence-electron chi connectivity index (χ2n) is 6.64. The zero-order valence-electron chi connectivity index (χ0n) is 13.8. The molecule has 0 spiro atoms. The van der Waals surface area contributed by atoms with Gasteiger partial charge < -0.3 is 5.32 Å². The van der Waals surface area contributed by atoms with Gasteiger partial charge in [-0.2, -0.15) is 0 Å². The van der Waals surface area contributed by atoms with Gasteiger partial charge in [-0.1, -0.05) is 54.6 Å². The van der Waals surface area contributed by atoms with Crippen molar-refractivity contribution in [2.24, 2.45) is 5.92 Å². The molecule has 0 amide bonds. The van der Waals surface area contributed by atoms with E-state index in [0.717, 1.165) is 12.5 Å². The highest BCUT2D eigenvalue weighted by Crippen LogP contribution is 2.36. The van der Waals surface area contributed by atoms with Crippen LogP contribution in [0.2, 0.25) is 0 Å². The third-order valence-corrected chi connectivity index (χ3v) is 5.72. The summed E-state index contributed by atoms with van der Waals surface area (Å²) >= 11 is 3.67. The van der Waals surface area contributed by atoms with Crippen molar-refractivity contribution in [3.8, 4) is 0 Å². The zero-order valence-corrected chi connectivity index (χ0v) is 15.4. The van der Waals surface area contributed by atoms with Crippen LogP contribution in [-0.2, 0) is 0 Å². The molecule has 21 heavy (non-hydrogen) atoms. The SMILES string of the molecule is CCCNC(c1cc(C)c(Br)cc1C)C1CCCCCC1. The van der Waals surface area contributed by atoms with Crippen molar-refractivity contribution in [1.82, 2.24) is 5.32 Å². The number of rotatable bonds is 5. The quantitative estimate of drug-likeness (QED) is 0.634. The molecule has 2 heteroatoms. The lowest BCUT2D eigenvalue weighted by molar-refractivity contribution is 0.324. The molecule has 118 valence electrons. The molecule has 0 heterocycles. The minimum Gasteiger partial charge on any atom is -0.310 e. The molecule has 0 aliphatic heterocycles. The van der Waals surface area contributed by atoms with Crippen LogP contribution in [0, 0.1) is 19.8 Å². The van der Waals surface area contributed by atoms with Gasteiger partial charge in [-0.15, -0.1) is 0 Å². The summed E-state index contributed by atoms with van der Waals surface area (Å²) < 4.78 is 1.24. The zero-order chi connectivity index (χ0) is 15.2. The molecular formula is C19H30BrN. The van der Waals surface area contributed by atoms with Gasteiger partial charge in [0, 0.05) is 10.5 Å². The van der Waals surface area contributed by atoms with Gasteiger partial charge in [0.2, 0.25) is 0 Å². The van der Waals surface area contributed by atoms with Crippen LogP contribution < -0.4 is 5.32 Å². The number of halogens is 1. The molecule has 1 aliphatic rings. The highest BCUT2D eigenvalue weighted by atomic mass is 79.9. The molecule has 1 nitrogen and oxygen atoms in total. The highest BCUT2D eigenvalue weighted by molar-refractivity contribution is 9.10. The molecule has 0 bridgehead atoms. The van der Waals surface area contributed by atoms with Crippen molar-refractivity contribution in [3.05, 3.63) is 33.3 Å². The molecule has 1 aliphatic carbocycles. The molecule has 0 saturated heterocycles. The van der Waals surface area contributed by atoms with Gasteiger partial charge in [0.15, 0.2) is 0 Å². The van der Waals surface area contributed by atoms with Gasteiger partial charge in [-0.25, -0.2) is 0 Å². The van der Waals surface area contributed by atoms with Crippen LogP contribution in [0.25, 0.3) is 0 Å².